The lowest BCUT2D eigenvalue weighted by atomic mass is 10.1. The van der Waals surface area contributed by atoms with Gasteiger partial charge < -0.3 is 10.3 Å². The van der Waals surface area contributed by atoms with E-state index in [9.17, 15) is 4.79 Å². The predicted octanol–water partition coefficient (Wildman–Crippen LogP) is 5.91. The summed E-state index contributed by atoms with van der Waals surface area (Å²) in [6, 6.07) is 20.7. The van der Waals surface area contributed by atoms with Crippen molar-refractivity contribution in [1.82, 2.24) is 10.4 Å². The summed E-state index contributed by atoms with van der Waals surface area (Å²) in [4.78, 5) is 15.6. The van der Waals surface area contributed by atoms with Crippen LogP contribution >= 0.6 is 23.2 Å². The maximum absolute atomic E-state index is 12.4. The third-order valence-corrected chi connectivity index (χ3v) is 5.23. The highest BCUT2D eigenvalue weighted by atomic mass is 35.5. The summed E-state index contributed by atoms with van der Waals surface area (Å²) in [5, 5.41) is 9.37. The van der Waals surface area contributed by atoms with Crippen LogP contribution in [-0.2, 0) is 11.2 Å². The summed E-state index contributed by atoms with van der Waals surface area (Å²) in [7, 11) is 0. The van der Waals surface area contributed by atoms with Crippen molar-refractivity contribution in [3.8, 4) is 0 Å². The molecule has 0 aliphatic rings. The molecule has 1 heterocycles. The number of carbonyl (C=O) groups is 1. The van der Waals surface area contributed by atoms with Gasteiger partial charge in [-0.25, -0.2) is 5.43 Å². The van der Waals surface area contributed by atoms with E-state index < -0.39 is 0 Å². The molecule has 5 nitrogen and oxygen atoms in total. The zero-order valence-corrected chi connectivity index (χ0v) is 17.3. The number of aromatic amines is 1. The van der Waals surface area contributed by atoms with Crippen molar-refractivity contribution in [2.75, 3.05) is 5.32 Å². The van der Waals surface area contributed by atoms with Crippen molar-refractivity contribution < 1.29 is 4.79 Å². The van der Waals surface area contributed by atoms with Gasteiger partial charge in [0.2, 0.25) is 5.91 Å². The molecule has 0 aliphatic carbocycles. The quantitative estimate of drug-likeness (QED) is 0.259. The van der Waals surface area contributed by atoms with E-state index >= 15 is 0 Å². The first-order chi connectivity index (χ1) is 14.6. The topological polar surface area (TPSA) is 69.3 Å². The molecular weight excluding hydrogens is 419 g/mol. The Bertz CT molecular complexity index is 1210. The highest BCUT2D eigenvalue weighted by Gasteiger charge is 2.11. The van der Waals surface area contributed by atoms with Crippen LogP contribution in [-0.4, -0.2) is 17.1 Å². The Labute approximate surface area is 183 Å². The van der Waals surface area contributed by atoms with Crippen LogP contribution in [0.25, 0.3) is 10.9 Å². The summed E-state index contributed by atoms with van der Waals surface area (Å²) in [6.45, 7) is 0. The first-order valence-corrected chi connectivity index (χ1v) is 10.0. The van der Waals surface area contributed by atoms with Gasteiger partial charge >= 0.3 is 0 Å². The Hall–Kier alpha value is -3.28. The number of rotatable bonds is 6. The SMILES string of the molecule is O=C(Cc1ccccc1Nc1c(Cl)cccc1Cl)N/N=C\c1c[nH]c2ccccc12. The Balaban J connectivity index is 1.45. The molecule has 0 aliphatic heterocycles. The number of halogens is 2. The summed E-state index contributed by atoms with van der Waals surface area (Å²) in [6.07, 6.45) is 3.63. The molecule has 3 N–H and O–H groups in total. The molecular formula is C23H18Cl2N4O. The van der Waals surface area contributed by atoms with Crippen LogP contribution in [0.5, 0.6) is 0 Å². The summed E-state index contributed by atoms with van der Waals surface area (Å²) in [5.74, 6) is -0.231. The van der Waals surface area contributed by atoms with E-state index in [0.717, 1.165) is 27.7 Å². The molecule has 0 saturated carbocycles. The standard InChI is InChI=1S/C23H18Cl2N4O/c24-18-8-5-9-19(25)23(18)28-20-10-3-1-6-15(20)12-22(30)29-27-14-16-13-26-21-11-4-2-7-17(16)21/h1-11,13-14,26,28H,12H2,(H,29,30)/b27-14-. The second-order valence-corrected chi connectivity index (χ2v) is 7.45. The third-order valence-electron chi connectivity index (χ3n) is 4.60. The summed E-state index contributed by atoms with van der Waals surface area (Å²) in [5.41, 5.74) is 6.66. The van der Waals surface area contributed by atoms with Crippen molar-refractivity contribution in [3.05, 3.63) is 94.1 Å². The fraction of sp³-hybridized carbons (Fsp3) is 0.0435. The Kier molecular flexibility index (Phi) is 6.02. The summed E-state index contributed by atoms with van der Waals surface area (Å²) < 4.78 is 0. The maximum atomic E-state index is 12.4. The van der Waals surface area contributed by atoms with Gasteiger partial charge in [-0.05, 0) is 29.8 Å². The molecule has 150 valence electrons. The molecule has 0 fully saturated rings. The highest BCUT2D eigenvalue weighted by molar-refractivity contribution is 6.39. The van der Waals surface area contributed by atoms with Crippen LogP contribution in [0.2, 0.25) is 10.0 Å². The van der Waals surface area contributed by atoms with E-state index in [0.29, 0.717) is 15.7 Å². The highest BCUT2D eigenvalue weighted by Crippen LogP contribution is 2.33. The number of carbonyl (C=O) groups excluding carboxylic acids is 1. The smallest absolute Gasteiger partial charge is 0.244 e. The largest absolute Gasteiger partial charge is 0.361 e. The molecule has 4 aromatic rings. The van der Waals surface area contributed by atoms with Crippen LogP contribution in [0.4, 0.5) is 11.4 Å². The number of aromatic nitrogens is 1. The van der Waals surface area contributed by atoms with Gasteiger partial charge in [0.15, 0.2) is 0 Å². The van der Waals surface area contributed by atoms with E-state index in [1.54, 1.807) is 24.4 Å². The normalized spacial score (nSPS) is 11.1. The first kappa shape index (κ1) is 20.0. The number of para-hydroxylation sites is 3. The average molecular weight is 437 g/mol. The van der Waals surface area contributed by atoms with Crippen LogP contribution in [0.15, 0.2) is 78.0 Å². The minimum absolute atomic E-state index is 0.149. The van der Waals surface area contributed by atoms with Crippen molar-refractivity contribution in [1.29, 1.82) is 0 Å². The first-order valence-electron chi connectivity index (χ1n) is 9.29. The minimum atomic E-state index is -0.231. The van der Waals surface area contributed by atoms with Crippen LogP contribution in [0.1, 0.15) is 11.1 Å². The molecule has 0 bridgehead atoms. The Morgan fingerprint density at radius 1 is 0.967 bits per heavy atom. The number of nitrogens with zero attached hydrogens (tertiary/aromatic N) is 1. The number of amides is 1. The van der Waals surface area contributed by atoms with Gasteiger partial charge in [-0.15, -0.1) is 0 Å². The van der Waals surface area contributed by atoms with Crippen molar-refractivity contribution in [2.24, 2.45) is 5.10 Å². The Morgan fingerprint density at radius 2 is 1.70 bits per heavy atom. The number of hydrazone groups is 1. The number of H-pyrrole nitrogens is 1. The molecule has 30 heavy (non-hydrogen) atoms. The third kappa shape index (κ3) is 4.48. The van der Waals surface area contributed by atoms with E-state index in [-0.39, 0.29) is 12.3 Å². The number of hydrogen-bond donors (Lipinski definition) is 3. The fourth-order valence-corrected chi connectivity index (χ4v) is 3.63. The second-order valence-electron chi connectivity index (χ2n) is 6.64. The van der Waals surface area contributed by atoms with Gasteiger partial charge in [-0.2, -0.15) is 5.10 Å². The van der Waals surface area contributed by atoms with E-state index in [2.05, 4.69) is 20.8 Å². The van der Waals surface area contributed by atoms with Crippen LogP contribution in [0.3, 0.4) is 0 Å². The maximum Gasteiger partial charge on any atom is 0.244 e. The van der Waals surface area contributed by atoms with Crippen LogP contribution in [0, 0.1) is 0 Å². The van der Waals surface area contributed by atoms with Gasteiger partial charge in [0, 0.05) is 28.4 Å². The molecule has 0 saturated heterocycles. The number of anilines is 2. The van der Waals surface area contributed by atoms with Gasteiger partial charge in [0.1, 0.15) is 0 Å². The molecule has 0 spiro atoms. The van der Waals surface area contributed by atoms with Crippen molar-refractivity contribution in [3.63, 3.8) is 0 Å². The van der Waals surface area contributed by atoms with E-state index in [4.69, 9.17) is 23.2 Å². The second kappa shape index (κ2) is 9.03. The van der Waals surface area contributed by atoms with Gasteiger partial charge in [0.05, 0.1) is 28.4 Å². The molecule has 1 aromatic heterocycles. The summed E-state index contributed by atoms with van der Waals surface area (Å²) >= 11 is 12.5. The lowest BCUT2D eigenvalue weighted by molar-refractivity contribution is -0.120. The lowest BCUT2D eigenvalue weighted by Crippen LogP contribution is -2.20. The molecule has 3 aromatic carbocycles. The molecule has 0 atom stereocenters. The van der Waals surface area contributed by atoms with E-state index in [1.165, 1.54) is 0 Å². The van der Waals surface area contributed by atoms with Crippen molar-refractivity contribution >= 4 is 57.6 Å². The number of benzene rings is 3. The van der Waals surface area contributed by atoms with Gasteiger partial charge in [0.25, 0.3) is 0 Å². The average Bonchev–Trinajstić information content (AvgIpc) is 3.15. The molecule has 0 radical (unpaired) electrons. The monoisotopic (exact) mass is 436 g/mol. The molecule has 0 unspecified atom stereocenters. The molecule has 1 amide bonds. The predicted molar refractivity (Wildman–Crippen MR) is 124 cm³/mol. The molecule has 7 heteroatoms. The number of hydrogen-bond acceptors (Lipinski definition) is 3. The van der Waals surface area contributed by atoms with Gasteiger partial charge in [-0.1, -0.05) is 65.7 Å². The van der Waals surface area contributed by atoms with E-state index in [1.807, 2.05) is 54.7 Å². The zero-order chi connectivity index (χ0) is 20.9. The van der Waals surface area contributed by atoms with Crippen LogP contribution < -0.4 is 10.7 Å². The Morgan fingerprint density at radius 3 is 2.53 bits per heavy atom. The fourth-order valence-electron chi connectivity index (χ4n) is 3.14. The molecule has 4 rings (SSSR count). The minimum Gasteiger partial charge on any atom is -0.361 e. The lowest BCUT2D eigenvalue weighted by Gasteiger charge is -2.14. The zero-order valence-electron chi connectivity index (χ0n) is 15.8. The van der Waals surface area contributed by atoms with Crippen molar-refractivity contribution in [2.45, 2.75) is 6.42 Å². The number of nitrogens with one attached hydrogen (secondary N) is 3. The number of fused-ring (bicyclic) bond motifs is 1. The van der Waals surface area contributed by atoms with Gasteiger partial charge in [-0.3, -0.25) is 4.79 Å².